The van der Waals surface area contributed by atoms with Gasteiger partial charge in [-0.25, -0.2) is 8.42 Å². The molecule has 0 N–H and O–H groups in total. The molecule has 0 spiro atoms. The summed E-state index contributed by atoms with van der Waals surface area (Å²) >= 11 is 3.28. The van der Waals surface area contributed by atoms with Crippen LogP contribution in [0.1, 0.15) is 27.0 Å². The van der Waals surface area contributed by atoms with E-state index >= 15 is 0 Å². The number of carbonyl (C=O) groups excluding carboxylic acids is 1. The van der Waals surface area contributed by atoms with Crippen molar-refractivity contribution in [3.8, 4) is 0 Å². The quantitative estimate of drug-likeness (QED) is 0.341. The van der Waals surface area contributed by atoms with Crippen LogP contribution in [0.2, 0.25) is 0 Å². The van der Waals surface area contributed by atoms with Gasteiger partial charge >= 0.3 is 10.1 Å². The molecule has 0 atom stereocenters. The number of aryl methyl sites for hydroxylation is 2. The molecule has 10 heteroatoms. The van der Waals surface area contributed by atoms with E-state index in [1.807, 2.05) is 6.92 Å². The van der Waals surface area contributed by atoms with Crippen LogP contribution in [0.4, 0.5) is 0 Å². The predicted octanol–water partition coefficient (Wildman–Crippen LogP) is 4.61. The highest BCUT2D eigenvalue weighted by Crippen LogP contribution is 2.40. The molecule has 1 aliphatic heterocycles. The van der Waals surface area contributed by atoms with Gasteiger partial charge in [0, 0.05) is 10.0 Å². The van der Waals surface area contributed by atoms with Crippen molar-refractivity contribution in [1.29, 1.82) is 0 Å². The minimum absolute atomic E-state index is 0.0933. The Balaban J connectivity index is 1.84. The van der Waals surface area contributed by atoms with E-state index in [-0.39, 0.29) is 26.6 Å². The first-order valence-corrected chi connectivity index (χ1v) is 13.3. The van der Waals surface area contributed by atoms with Gasteiger partial charge in [0.25, 0.3) is 15.9 Å². The highest BCUT2D eigenvalue weighted by molar-refractivity contribution is 9.10. The van der Waals surface area contributed by atoms with E-state index < -0.39 is 26.0 Å². The van der Waals surface area contributed by atoms with Gasteiger partial charge in [0.15, 0.2) is 0 Å². The van der Waals surface area contributed by atoms with E-state index in [1.54, 1.807) is 43.3 Å². The van der Waals surface area contributed by atoms with E-state index in [0.717, 1.165) is 17.4 Å². The topological polar surface area (TPSA) is 97.8 Å². The minimum Gasteiger partial charge on any atom is -0.385 e. The van der Waals surface area contributed by atoms with Crippen LogP contribution in [0.25, 0.3) is 5.70 Å². The molecule has 7 nitrogen and oxygen atoms in total. The molecule has 0 unspecified atom stereocenters. The van der Waals surface area contributed by atoms with E-state index in [0.29, 0.717) is 8.78 Å². The number of amides is 1. The Labute approximate surface area is 200 Å². The second-order valence-corrected chi connectivity index (χ2v) is 11.6. The first-order valence-electron chi connectivity index (χ1n) is 9.68. The molecule has 1 heterocycles. The lowest BCUT2D eigenvalue weighted by atomic mass is 10.1. The van der Waals surface area contributed by atoms with E-state index in [1.165, 1.54) is 30.3 Å². The third-order valence-corrected chi connectivity index (χ3v) is 8.63. The normalized spacial score (nSPS) is 15.1. The molecule has 4 rings (SSSR count). The van der Waals surface area contributed by atoms with Crippen molar-refractivity contribution < 1.29 is 25.8 Å². The monoisotopic (exact) mass is 547 g/mol. The van der Waals surface area contributed by atoms with Crippen LogP contribution in [-0.4, -0.2) is 27.0 Å². The van der Waals surface area contributed by atoms with Crippen molar-refractivity contribution in [3.63, 3.8) is 0 Å². The predicted molar refractivity (Wildman–Crippen MR) is 126 cm³/mol. The van der Waals surface area contributed by atoms with E-state index in [4.69, 9.17) is 4.18 Å². The van der Waals surface area contributed by atoms with Crippen molar-refractivity contribution in [2.45, 2.75) is 23.6 Å². The maximum Gasteiger partial charge on any atom is 0.338 e. The van der Waals surface area contributed by atoms with Gasteiger partial charge in [0.05, 0.1) is 10.5 Å². The summed E-state index contributed by atoms with van der Waals surface area (Å²) < 4.78 is 58.3. The van der Waals surface area contributed by atoms with Gasteiger partial charge in [-0.1, -0.05) is 47.5 Å². The number of sulfonamides is 1. The maximum atomic E-state index is 13.4. The second kappa shape index (κ2) is 8.44. The molecule has 0 saturated heterocycles. The summed E-state index contributed by atoms with van der Waals surface area (Å²) in [5.41, 5.74) is 1.83. The number of hydrogen-bond donors (Lipinski definition) is 0. The Bertz CT molecular complexity index is 1490. The average molecular weight is 548 g/mol. The lowest BCUT2D eigenvalue weighted by molar-refractivity contribution is 0.0915. The third kappa shape index (κ3) is 4.21. The fourth-order valence-corrected chi connectivity index (χ4v) is 6.05. The molecule has 1 aliphatic rings. The Morgan fingerprint density at radius 2 is 1.36 bits per heavy atom. The maximum absolute atomic E-state index is 13.4. The Morgan fingerprint density at radius 3 is 1.94 bits per heavy atom. The van der Waals surface area contributed by atoms with Gasteiger partial charge in [-0.15, -0.1) is 0 Å². The van der Waals surface area contributed by atoms with Crippen LogP contribution < -0.4 is 0 Å². The largest absolute Gasteiger partial charge is 0.385 e. The molecule has 0 fully saturated rings. The van der Waals surface area contributed by atoms with Crippen LogP contribution >= 0.6 is 15.9 Å². The van der Waals surface area contributed by atoms with Crippen molar-refractivity contribution in [1.82, 2.24) is 4.31 Å². The van der Waals surface area contributed by atoms with Gasteiger partial charge in [-0.3, -0.25) is 4.79 Å². The third-order valence-electron chi connectivity index (χ3n) is 5.06. The van der Waals surface area contributed by atoms with E-state index in [9.17, 15) is 21.6 Å². The minimum atomic E-state index is -4.36. The van der Waals surface area contributed by atoms with Gasteiger partial charge in [0.2, 0.25) is 0 Å². The molecular formula is C23H18BrNO6S2. The number of halogens is 1. The SMILES string of the molecule is Cc1ccc(S(=O)(=O)O/C=C2\c3cccc(Br)c3C(=O)N2S(=O)(=O)c2ccc(C)cc2)cc1. The van der Waals surface area contributed by atoms with Gasteiger partial charge in [0.1, 0.15) is 16.9 Å². The smallest absolute Gasteiger partial charge is 0.338 e. The summed E-state index contributed by atoms with van der Waals surface area (Å²) in [6.07, 6.45) is 0.789. The number of benzene rings is 3. The van der Waals surface area contributed by atoms with Crippen LogP contribution in [0, 0.1) is 13.8 Å². The van der Waals surface area contributed by atoms with Crippen molar-refractivity contribution in [2.24, 2.45) is 0 Å². The fraction of sp³-hybridized carbons (Fsp3) is 0.0870. The number of nitrogens with zero attached hydrogens (tertiary/aromatic N) is 1. The molecule has 0 saturated carbocycles. The summed E-state index contributed by atoms with van der Waals surface area (Å²) in [5, 5.41) is 0. The van der Waals surface area contributed by atoms with Crippen LogP contribution in [0.15, 0.2) is 87.3 Å². The van der Waals surface area contributed by atoms with Crippen LogP contribution in [0.5, 0.6) is 0 Å². The van der Waals surface area contributed by atoms with Crippen LogP contribution in [0.3, 0.4) is 0 Å². The molecule has 33 heavy (non-hydrogen) atoms. The number of hydrogen-bond acceptors (Lipinski definition) is 6. The molecule has 0 radical (unpaired) electrons. The summed E-state index contributed by atoms with van der Waals surface area (Å²) in [7, 11) is -8.61. The average Bonchev–Trinajstić information content (AvgIpc) is 3.06. The zero-order valence-corrected chi connectivity index (χ0v) is 20.7. The number of rotatable bonds is 5. The van der Waals surface area contributed by atoms with Crippen molar-refractivity contribution in [3.05, 3.63) is 99.7 Å². The molecule has 3 aromatic carbocycles. The Kier molecular flexibility index (Phi) is 5.94. The lowest BCUT2D eigenvalue weighted by Crippen LogP contribution is -2.31. The van der Waals surface area contributed by atoms with Crippen LogP contribution in [-0.2, 0) is 24.3 Å². The van der Waals surface area contributed by atoms with Crippen molar-refractivity contribution >= 4 is 47.7 Å². The zero-order chi connectivity index (χ0) is 24.0. The standard InChI is InChI=1S/C23H18BrNO6S2/c1-15-6-10-17(11-7-15)32(27,28)25-21(19-4-3-5-20(24)22(19)23(25)26)14-31-33(29,30)18-12-8-16(2)9-13-18/h3-14H,1-2H3/b21-14+. The summed E-state index contributed by atoms with van der Waals surface area (Å²) in [4.78, 5) is 13.0. The molecule has 3 aromatic rings. The summed E-state index contributed by atoms with van der Waals surface area (Å²) in [6.45, 7) is 3.62. The Morgan fingerprint density at radius 1 is 0.818 bits per heavy atom. The first-order chi connectivity index (χ1) is 15.5. The van der Waals surface area contributed by atoms with Gasteiger partial charge in [-0.2, -0.15) is 12.7 Å². The number of fused-ring (bicyclic) bond motifs is 1. The molecule has 0 aromatic heterocycles. The lowest BCUT2D eigenvalue weighted by Gasteiger charge is -2.18. The highest BCUT2D eigenvalue weighted by Gasteiger charge is 2.43. The fourth-order valence-electron chi connectivity index (χ4n) is 3.31. The Hall–Kier alpha value is -2.95. The zero-order valence-electron chi connectivity index (χ0n) is 17.5. The first kappa shape index (κ1) is 23.2. The van der Waals surface area contributed by atoms with Gasteiger partial charge < -0.3 is 4.18 Å². The van der Waals surface area contributed by atoms with Gasteiger partial charge in [-0.05, 0) is 60.1 Å². The summed E-state index contributed by atoms with van der Waals surface area (Å²) in [6, 6.07) is 16.7. The molecular weight excluding hydrogens is 530 g/mol. The second-order valence-electron chi connectivity index (χ2n) is 7.42. The van der Waals surface area contributed by atoms with E-state index in [2.05, 4.69) is 15.9 Å². The summed E-state index contributed by atoms with van der Waals surface area (Å²) in [5.74, 6) is -0.819. The molecule has 0 aliphatic carbocycles. The molecule has 0 bridgehead atoms. The number of carbonyl (C=O) groups is 1. The highest BCUT2D eigenvalue weighted by atomic mass is 79.9. The molecule has 1 amide bonds. The van der Waals surface area contributed by atoms with Crippen molar-refractivity contribution in [2.75, 3.05) is 0 Å². The molecule has 170 valence electrons.